The number of hydrogen-bond donors (Lipinski definition) is 1. The molecule has 3 aromatic heterocycles. The number of oxazole rings is 1. The Morgan fingerprint density at radius 3 is 2.69 bits per heavy atom. The number of nitrogens with one attached hydrogen (secondary N) is 1. The van der Waals surface area contributed by atoms with Crippen molar-refractivity contribution in [2.45, 2.75) is 12.7 Å². The Balaban J connectivity index is 1.29. The SMILES string of the molecule is O=C(NCc1ccc(-c2nc3ccc(C(F)(F)F)cc3o2)cc1)c1cnc2nccn2c1. The lowest BCUT2D eigenvalue weighted by Crippen LogP contribution is -2.23. The fourth-order valence-electron chi connectivity index (χ4n) is 3.21. The number of amides is 1. The molecular weight excluding hydrogens is 423 g/mol. The van der Waals surface area contributed by atoms with Crippen molar-refractivity contribution >= 4 is 22.8 Å². The smallest absolute Gasteiger partial charge is 0.416 e. The van der Waals surface area contributed by atoms with Crippen molar-refractivity contribution in [1.82, 2.24) is 24.7 Å². The van der Waals surface area contributed by atoms with Crippen LogP contribution in [0, 0.1) is 0 Å². The van der Waals surface area contributed by atoms with E-state index in [1.807, 2.05) is 0 Å². The molecule has 10 heteroatoms. The summed E-state index contributed by atoms with van der Waals surface area (Å²) in [4.78, 5) is 24.8. The molecule has 3 heterocycles. The first-order valence-corrected chi connectivity index (χ1v) is 9.51. The Morgan fingerprint density at radius 2 is 1.91 bits per heavy atom. The van der Waals surface area contributed by atoms with Crippen LogP contribution in [0.15, 0.2) is 71.7 Å². The molecule has 0 spiro atoms. The van der Waals surface area contributed by atoms with Gasteiger partial charge in [-0.25, -0.2) is 15.0 Å². The molecule has 1 amide bonds. The molecule has 0 radical (unpaired) electrons. The zero-order valence-corrected chi connectivity index (χ0v) is 16.3. The van der Waals surface area contributed by atoms with E-state index in [0.717, 1.165) is 17.7 Å². The quantitative estimate of drug-likeness (QED) is 0.448. The summed E-state index contributed by atoms with van der Waals surface area (Å²) in [6, 6.07) is 10.2. The number of imidazole rings is 1. The third-order valence-corrected chi connectivity index (χ3v) is 4.88. The van der Waals surface area contributed by atoms with Gasteiger partial charge in [0.2, 0.25) is 11.7 Å². The number of carbonyl (C=O) groups excluding carboxylic acids is 1. The van der Waals surface area contributed by atoms with Crippen LogP contribution in [-0.2, 0) is 12.7 Å². The van der Waals surface area contributed by atoms with Crippen LogP contribution in [0.4, 0.5) is 13.2 Å². The molecule has 1 N–H and O–H groups in total. The van der Waals surface area contributed by atoms with E-state index in [2.05, 4.69) is 20.3 Å². The number of nitrogens with zero attached hydrogens (tertiary/aromatic N) is 4. The maximum atomic E-state index is 12.9. The first-order chi connectivity index (χ1) is 15.4. The van der Waals surface area contributed by atoms with Crippen LogP contribution in [0.25, 0.3) is 28.3 Å². The highest BCUT2D eigenvalue weighted by Crippen LogP contribution is 2.33. The second-order valence-electron chi connectivity index (χ2n) is 7.06. The maximum absolute atomic E-state index is 12.9. The zero-order valence-electron chi connectivity index (χ0n) is 16.3. The van der Waals surface area contributed by atoms with Crippen LogP contribution >= 0.6 is 0 Å². The molecule has 0 aliphatic rings. The van der Waals surface area contributed by atoms with Gasteiger partial charge in [-0.3, -0.25) is 9.20 Å². The highest BCUT2D eigenvalue weighted by Gasteiger charge is 2.31. The Kier molecular flexibility index (Phi) is 4.62. The van der Waals surface area contributed by atoms with Crippen LogP contribution in [-0.4, -0.2) is 25.3 Å². The molecule has 0 atom stereocenters. The predicted octanol–water partition coefficient (Wildman–Crippen LogP) is 4.49. The van der Waals surface area contributed by atoms with Gasteiger partial charge in [-0.05, 0) is 35.9 Å². The normalized spacial score (nSPS) is 11.8. The van der Waals surface area contributed by atoms with Crippen LogP contribution in [0.1, 0.15) is 21.5 Å². The number of rotatable bonds is 4. The molecule has 0 unspecified atom stereocenters. The van der Waals surface area contributed by atoms with E-state index < -0.39 is 11.7 Å². The van der Waals surface area contributed by atoms with E-state index in [9.17, 15) is 18.0 Å². The minimum atomic E-state index is -4.45. The lowest BCUT2D eigenvalue weighted by molar-refractivity contribution is -0.137. The minimum absolute atomic E-state index is 0.0645. The second kappa shape index (κ2) is 7.49. The van der Waals surface area contributed by atoms with Crippen molar-refractivity contribution < 1.29 is 22.4 Å². The summed E-state index contributed by atoms with van der Waals surface area (Å²) in [5.41, 5.74) is 1.45. The first kappa shape index (κ1) is 19.7. The number of hydrogen-bond acceptors (Lipinski definition) is 5. The fourth-order valence-corrected chi connectivity index (χ4v) is 3.21. The van der Waals surface area contributed by atoms with Crippen LogP contribution in [0.2, 0.25) is 0 Å². The third-order valence-electron chi connectivity index (χ3n) is 4.88. The Hall–Kier alpha value is -4.21. The number of aromatic nitrogens is 4. The van der Waals surface area contributed by atoms with Crippen molar-refractivity contribution in [3.63, 3.8) is 0 Å². The number of fused-ring (bicyclic) bond motifs is 2. The summed E-state index contributed by atoms with van der Waals surface area (Å²) in [6.07, 6.45) is 1.95. The van der Waals surface area contributed by atoms with Gasteiger partial charge in [-0.2, -0.15) is 13.2 Å². The van der Waals surface area contributed by atoms with E-state index in [0.29, 0.717) is 22.4 Å². The van der Waals surface area contributed by atoms with Gasteiger partial charge < -0.3 is 9.73 Å². The molecular formula is C22H14F3N5O2. The lowest BCUT2D eigenvalue weighted by Gasteiger charge is -2.06. The summed E-state index contributed by atoms with van der Waals surface area (Å²) in [5.74, 6) is 0.442. The summed E-state index contributed by atoms with van der Waals surface area (Å²) in [5, 5.41) is 2.81. The van der Waals surface area contributed by atoms with Gasteiger partial charge >= 0.3 is 6.18 Å². The van der Waals surface area contributed by atoms with Crippen molar-refractivity contribution in [2.24, 2.45) is 0 Å². The highest BCUT2D eigenvalue weighted by atomic mass is 19.4. The van der Waals surface area contributed by atoms with Crippen molar-refractivity contribution in [2.75, 3.05) is 0 Å². The molecule has 5 aromatic rings. The molecule has 0 saturated heterocycles. The molecule has 0 aliphatic carbocycles. The molecule has 5 rings (SSSR count). The van der Waals surface area contributed by atoms with E-state index in [-0.39, 0.29) is 23.9 Å². The number of alkyl halides is 3. The van der Waals surface area contributed by atoms with Gasteiger partial charge in [0.15, 0.2) is 5.58 Å². The van der Waals surface area contributed by atoms with E-state index in [4.69, 9.17) is 4.42 Å². The lowest BCUT2D eigenvalue weighted by atomic mass is 10.1. The highest BCUT2D eigenvalue weighted by molar-refractivity contribution is 5.93. The Bertz CT molecular complexity index is 1440. The van der Waals surface area contributed by atoms with Gasteiger partial charge in [0.1, 0.15) is 5.52 Å². The van der Waals surface area contributed by atoms with E-state index in [1.54, 1.807) is 47.3 Å². The second-order valence-corrected chi connectivity index (χ2v) is 7.06. The van der Waals surface area contributed by atoms with Crippen molar-refractivity contribution in [3.05, 3.63) is 83.9 Å². The molecule has 160 valence electrons. The van der Waals surface area contributed by atoms with E-state index in [1.165, 1.54) is 12.3 Å². The molecule has 0 saturated carbocycles. The maximum Gasteiger partial charge on any atom is 0.416 e. The Labute approximate surface area is 178 Å². The fraction of sp³-hybridized carbons (Fsp3) is 0.0909. The summed E-state index contributed by atoms with van der Waals surface area (Å²) >= 11 is 0. The van der Waals surface area contributed by atoms with E-state index >= 15 is 0 Å². The van der Waals surface area contributed by atoms with Gasteiger partial charge in [0.05, 0.1) is 11.1 Å². The van der Waals surface area contributed by atoms with Crippen molar-refractivity contribution in [3.8, 4) is 11.5 Å². The molecule has 0 bridgehead atoms. The number of carbonyl (C=O) groups is 1. The van der Waals surface area contributed by atoms with Crippen LogP contribution in [0.5, 0.6) is 0 Å². The monoisotopic (exact) mass is 437 g/mol. The summed E-state index contributed by atoms with van der Waals surface area (Å²) in [6.45, 7) is 0.281. The third kappa shape index (κ3) is 3.78. The average Bonchev–Trinajstić information content (AvgIpc) is 3.43. The first-order valence-electron chi connectivity index (χ1n) is 9.51. The van der Waals surface area contributed by atoms with Gasteiger partial charge in [-0.1, -0.05) is 12.1 Å². The largest absolute Gasteiger partial charge is 0.436 e. The molecule has 0 fully saturated rings. The topological polar surface area (TPSA) is 85.3 Å². The minimum Gasteiger partial charge on any atom is -0.436 e. The molecule has 2 aromatic carbocycles. The molecule has 7 nitrogen and oxygen atoms in total. The summed E-state index contributed by atoms with van der Waals surface area (Å²) in [7, 11) is 0. The van der Waals surface area contributed by atoms with Crippen LogP contribution < -0.4 is 5.32 Å². The van der Waals surface area contributed by atoms with Crippen LogP contribution in [0.3, 0.4) is 0 Å². The predicted molar refractivity (Wildman–Crippen MR) is 109 cm³/mol. The van der Waals surface area contributed by atoms with Gasteiger partial charge in [0.25, 0.3) is 5.91 Å². The van der Waals surface area contributed by atoms with Gasteiger partial charge in [0, 0.05) is 36.9 Å². The van der Waals surface area contributed by atoms with Gasteiger partial charge in [-0.15, -0.1) is 0 Å². The van der Waals surface area contributed by atoms with Crippen molar-refractivity contribution in [1.29, 1.82) is 0 Å². The summed E-state index contributed by atoms with van der Waals surface area (Å²) < 4.78 is 45.8. The Morgan fingerprint density at radius 1 is 1.09 bits per heavy atom. The average molecular weight is 437 g/mol. The standard InChI is InChI=1S/C22H14F3N5O2/c23-22(24,25)16-5-6-17-18(9-16)32-20(29-17)14-3-1-13(2-4-14)10-27-19(31)15-11-28-21-26-7-8-30(21)12-15/h1-9,11-12H,10H2,(H,27,31). The zero-order chi connectivity index (χ0) is 22.3. The number of benzene rings is 2. The molecule has 32 heavy (non-hydrogen) atoms. The number of halogens is 3. The molecule has 0 aliphatic heterocycles.